The molecule has 0 aliphatic carbocycles. The van der Waals surface area contributed by atoms with Crippen molar-refractivity contribution < 1.29 is 10.0 Å². The van der Waals surface area contributed by atoms with E-state index in [1.807, 2.05) is 18.2 Å². The minimum atomic E-state index is -1.15. The third kappa shape index (κ3) is 2.99. The van der Waals surface area contributed by atoms with Gasteiger partial charge < -0.3 is 15.2 Å². The second-order valence-electron chi connectivity index (χ2n) is 4.40. The van der Waals surface area contributed by atoms with Crippen molar-refractivity contribution in [2.45, 2.75) is 19.1 Å². The van der Waals surface area contributed by atoms with Crippen molar-refractivity contribution in [2.24, 2.45) is 0 Å². The summed E-state index contributed by atoms with van der Waals surface area (Å²) in [7, 11) is 0. The van der Waals surface area contributed by atoms with Gasteiger partial charge in [-0.2, -0.15) is 4.68 Å². The number of halogens is 1. The van der Waals surface area contributed by atoms with Gasteiger partial charge in [0.1, 0.15) is 10.1 Å². The first kappa shape index (κ1) is 13.7. The topological polar surface area (TPSA) is 81.2 Å². The Morgan fingerprint density at radius 2 is 2.11 bits per heavy atom. The summed E-state index contributed by atoms with van der Waals surface area (Å²) >= 11 is 3.07. The molecular formula is C12H12BrN3O3. The molecular weight excluding hydrogens is 314 g/mol. The van der Waals surface area contributed by atoms with E-state index in [0.29, 0.717) is 4.47 Å². The number of nitrogens with zero attached hydrogens (tertiary/aromatic N) is 3. The molecule has 0 aliphatic rings. The van der Waals surface area contributed by atoms with Crippen molar-refractivity contribution >= 4 is 21.7 Å². The van der Waals surface area contributed by atoms with E-state index in [1.54, 1.807) is 19.1 Å². The molecule has 1 unspecified atom stereocenters. The fraction of sp³-hybridized carbons (Fsp3) is 0.250. The Bertz CT molecular complexity index is 596. The molecule has 2 aromatic rings. The minimum Gasteiger partial charge on any atom is -0.383 e. The average molecular weight is 326 g/mol. The quantitative estimate of drug-likeness (QED) is 0.691. The van der Waals surface area contributed by atoms with Crippen LogP contribution in [0.4, 0.5) is 5.82 Å². The third-order valence-electron chi connectivity index (χ3n) is 2.74. The van der Waals surface area contributed by atoms with Crippen LogP contribution in [0.3, 0.4) is 0 Å². The highest BCUT2D eigenvalue weighted by Crippen LogP contribution is 2.26. The first-order valence-electron chi connectivity index (χ1n) is 5.55. The highest BCUT2D eigenvalue weighted by Gasteiger charge is 2.27. The molecule has 1 atom stereocenters. The van der Waals surface area contributed by atoms with Gasteiger partial charge in [0.05, 0.1) is 17.8 Å². The van der Waals surface area contributed by atoms with Gasteiger partial charge in [0, 0.05) is 0 Å². The van der Waals surface area contributed by atoms with Gasteiger partial charge in [-0.3, -0.25) is 0 Å². The van der Waals surface area contributed by atoms with Crippen molar-refractivity contribution in [3.8, 4) is 0 Å². The summed E-state index contributed by atoms with van der Waals surface area (Å²) in [4.78, 5) is 10.1. The standard InChI is InChI=1S/C12H12BrN3O3/c1-12(17,9-5-3-2-4-6-9)8-15-7-10(13)11(14-15)16(18)19/h2-7,17H,8H2,1H3. The summed E-state index contributed by atoms with van der Waals surface area (Å²) < 4.78 is 1.65. The largest absolute Gasteiger partial charge is 0.404 e. The predicted octanol–water partition coefficient (Wildman–Crippen LogP) is 2.46. The Morgan fingerprint density at radius 1 is 1.47 bits per heavy atom. The molecule has 0 saturated heterocycles. The molecule has 0 fully saturated rings. The van der Waals surface area contributed by atoms with Crippen LogP contribution in [0.15, 0.2) is 41.0 Å². The minimum absolute atomic E-state index is 0.128. The van der Waals surface area contributed by atoms with Gasteiger partial charge in [-0.15, -0.1) is 0 Å². The van der Waals surface area contributed by atoms with E-state index < -0.39 is 10.5 Å². The van der Waals surface area contributed by atoms with Gasteiger partial charge in [-0.25, -0.2) is 0 Å². The summed E-state index contributed by atoms with van der Waals surface area (Å²) in [6.07, 6.45) is 1.48. The van der Waals surface area contributed by atoms with Crippen LogP contribution in [0.25, 0.3) is 0 Å². The molecule has 7 heteroatoms. The molecule has 0 saturated carbocycles. The van der Waals surface area contributed by atoms with Crippen molar-refractivity contribution in [1.82, 2.24) is 9.78 Å². The molecule has 0 aliphatic heterocycles. The molecule has 1 heterocycles. The van der Waals surface area contributed by atoms with Crippen LogP contribution >= 0.6 is 15.9 Å². The lowest BCUT2D eigenvalue weighted by atomic mass is 9.96. The third-order valence-corrected chi connectivity index (χ3v) is 3.30. The molecule has 1 aromatic carbocycles. The zero-order valence-corrected chi connectivity index (χ0v) is 11.7. The first-order chi connectivity index (χ1) is 8.90. The lowest BCUT2D eigenvalue weighted by Crippen LogP contribution is -2.28. The van der Waals surface area contributed by atoms with Crippen LogP contribution in [-0.2, 0) is 12.1 Å². The maximum Gasteiger partial charge on any atom is 0.404 e. The molecule has 2 rings (SSSR count). The molecule has 0 spiro atoms. The van der Waals surface area contributed by atoms with Gasteiger partial charge in [-0.1, -0.05) is 30.3 Å². The number of benzene rings is 1. The SMILES string of the molecule is CC(O)(Cn1cc(Br)c([N+](=O)[O-])n1)c1ccccc1. The molecule has 0 radical (unpaired) electrons. The summed E-state index contributed by atoms with van der Waals surface area (Å²) in [6.45, 7) is 1.77. The van der Waals surface area contributed by atoms with Crippen molar-refractivity contribution in [3.05, 3.63) is 56.7 Å². The highest BCUT2D eigenvalue weighted by atomic mass is 79.9. The number of hydrogen-bond donors (Lipinski definition) is 1. The predicted molar refractivity (Wildman–Crippen MR) is 72.6 cm³/mol. The lowest BCUT2D eigenvalue weighted by Gasteiger charge is -2.22. The number of aromatic nitrogens is 2. The Kier molecular flexibility index (Phi) is 3.68. The lowest BCUT2D eigenvalue weighted by molar-refractivity contribution is -0.390. The second kappa shape index (κ2) is 5.10. The Morgan fingerprint density at radius 3 is 2.63 bits per heavy atom. The average Bonchev–Trinajstić information content (AvgIpc) is 2.71. The molecule has 0 amide bonds. The van der Waals surface area contributed by atoms with Crippen LogP contribution < -0.4 is 0 Å². The Balaban J connectivity index is 2.26. The van der Waals surface area contributed by atoms with Crippen molar-refractivity contribution in [3.63, 3.8) is 0 Å². The number of hydrogen-bond acceptors (Lipinski definition) is 4. The molecule has 1 N–H and O–H groups in total. The molecule has 100 valence electrons. The van der Waals surface area contributed by atoms with E-state index in [1.165, 1.54) is 10.9 Å². The summed E-state index contributed by atoms with van der Waals surface area (Å²) in [5, 5.41) is 25.0. The molecule has 0 bridgehead atoms. The fourth-order valence-corrected chi connectivity index (χ4v) is 2.26. The van der Waals surface area contributed by atoms with E-state index in [-0.39, 0.29) is 12.4 Å². The van der Waals surface area contributed by atoms with Crippen LogP contribution in [0.1, 0.15) is 12.5 Å². The maximum atomic E-state index is 10.7. The van der Waals surface area contributed by atoms with Crippen molar-refractivity contribution in [1.29, 1.82) is 0 Å². The van der Waals surface area contributed by atoms with E-state index in [0.717, 1.165) is 5.56 Å². The highest BCUT2D eigenvalue weighted by molar-refractivity contribution is 9.10. The van der Waals surface area contributed by atoms with E-state index in [9.17, 15) is 15.2 Å². The molecule has 6 nitrogen and oxygen atoms in total. The summed E-state index contributed by atoms with van der Waals surface area (Å²) in [5.41, 5.74) is -0.426. The van der Waals surface area contributed by atoms with Gasteiger partial charge in [0.25, 0.3) is 0 Å². The Labute approximate surface area is 118 Å². The first-order valence-corrected chi connectivity index (χ1v) is 6.35. The number of rotatable bonds is 4. The zero-order valence-electron chi connectivity index (χ0n) is 10.2. The monoisotopic (exact) mass is 325 g/mol. The molecule has 1 aromatic heterocycles. The van der Waals surface area contributed by atoms with Gasteiger partial charge >= 0.3 is 5.82 Å². The molecule has 19 heavy (non-hydrogen) atoms. The normalized spacial score (nSPS) is 14.1. The van der Waals surface area contributed by atoms with Crippen LogP contribution in [-0.4, -0.2) is 19.8 Å². The zero-order chi connectivity index (χ0) is 14.0. The number of nitro groups is 1. The van der Waals surface area contributed by atoms with Gasteiger partial charge in [0.15, 0.2) is 0 Å². The second-order valence-corrected chi connectivity index (χ2v) is 5.25. The fourth-order valence-electron chi connectivity index (χ4n) is 1.80. The van der Waals surface area contributed by atoms with E-state index in [4.69, 9.17) is 0 Å². The summed E-state index contributed by atoms with van der Waals surface area (Å²) in [6, 6.07) is 9.10. The number of aliphatic hydroxyl groups is 1. The van der Waals surface area contributed by atoms with E-state index in [2.05, 4.69) is 21.0 Å². The maximum absolute atomic E-state index is 10.7. The Hall–Kier alpha value is -1.73. The summed E-state index contributed by atoms with van der Waals surface area (Å²) in [5.74, 6) is -0.260. The van der Waals surface area contributed by atoms with Crippen LogP contribution in [0.2, 0.25) is 0 Å². The van der Waals surface area contributed by atoms with Crippen LogP contribution in [0.5, 0.6) is 0 Å². The van der Waals surface area contributed by atoms with Gasteiger partial charge in [-0.05, 0) is 33.3 Å². The van der Waals surface area contributed by atoms with Crippen LogP contribution in [0, 0.1) is 10.1 Å². The van der Waals surface area contributed by atoms with Gasteiger partial charge in [0.2, 0.25) is 0 Å². The van der Waals surface area contributed by atoms with Crippen molar-refractivity contribution in [2.75, 3.05) is 0 Å². The smallest absolute Gasteiger partial charge is 0.383 e. The van der Waals surface area contributed by atoms with E-state index >= 15 is 0 Å².